The third kappa shape index (κ3) is 3.85. The van der Waals surface area contributed by atoms with Crippen LogP contribution in [-0.4, -0.2) is 17.0 Å². The molecule has 1 aromatic rings. The summed E-state index contributed by atoms with van der Waals surface area (Å²) in [5, 5.41) is 8.98. The fraction of sp³-hybridized carbons (Fsp3) is 0.364. The summed E-state index contributed by atoms with van der Waals surface area (Å²) in [6.45, 7) is 1.63. The lowest BCUT2D eigenvalue weighted by Crippen LogP contribution is -2.11. The Kier molecular flexibility index (Phi) is 3.65. The molecule has 0 saturated heterocycles. The topological polar surface area (TPSA) is 37.3 Å². The van der Waals surface area contributed by atoms with E-state index < -0.39 is 6.10 Å². The zero-order valence-corrected chi connectivity index (χ0v) is 7.73. The Morgan fingerprint density at radius 2 is 2.00 bits per heavy atom. The maximum absolute atomic E-state index is 11.3. The molecule has 0 radical (unpaired) electrons. The van der Waals surface area contributed by atoms with Gasteiger partial charge in [-0.1, -0.05) is 30.3 Å². The molecule has 0 heterocycles. The summed E-state index contributed by atoms with van der Waals surface area (Å²) < 4.78 is 0. The number of ketones is 1. The molecular weight excluding hydrogens is 164 g/mol. The largest absolute Gasteiger partial charge is 0.393 e. The first-order valence-corrected chi connectivity index (χ1v) is 4.42. The van der Waals surface area contributed by atoms with Crippen LogP contribution in [0.5, 0.6) is 0 Å². The first-order valence-electron chi connectivity index (χ1n) is 4.42. The Balaban J connectivity index is 2.46. The summed E-state index contributed by atoms with van der Waals surface area (Å²) in [6, 6.07) is 9.57. The lowest BCUT2D eigenvalue weighted by Gasteiger charge is -2.02. The first-order chi connectivity index (χ1) is 6.18. The van der Waals surface area contributed by atoms with Crippen molar-refractivity contribution < 1.29 is 9.90 Å². The van der Waals surface area contributed by atoms with Crippen LogP contribution in [-0.2, 0) is 11.2 Å². The fourth-order valence-electron chi connectivity index (χ4n) is 1.23. The molecule has 0 aromatic heterocycles. The predicted octanol–water partition coefficient (Wildman–Crippen LogP) is 1.57. The average molecular weight is 178 g/mol. The number of benzene rings is 1. The molecular formula is C11H14O2. The van der Waals surface area contributed by atoms with Gasteiger partial charge in [0, 0.05) is 12.8 Å². The number of aliphatic hydroxyl groups is 1. The summed E-state index contributed by atoms with van der Waals surface area (Å²) in [7, 11) is 0. The van der Waals surface area contributed by atoms with Crippen LogP contribution in [0.1, 0.15) is 18.9 Å². The third-order valence-corrected chi connectivity index (χ3v) is 1.77. The molecule has 70 valence electrons. The normalized spacial score (nSPS) is 12.5. The molecule has 0 aliphatic carbocycles. The third-order valence-electron chi connectivity index (χ3n) is 1.77. The first kappa shape index (κ1) is 9.93. The molecule has 0 amide bonds. The lowest BCUT2D eigenvalue weighted by molar-refractivity contribution is -0.120. The van der Waals surface area contributed by atoms with Gasteiger partial charge < -0.3 is 5.11 Å². The Morgan fingerprint density at radius 3 is 2.54 bits per heavy atom. The number of hydrogen-bond donors (Lipinski definition) is 1. The maximum Gasteiger partial charge on any atom is 0.139 e. The highest BCUT2D eigenvalue weighted by molar-refractivity contribution is 5.81. The quantitative estimate of drug-likeness (QED) is 0.759. The maximum atomic E-state index is 11.3. The van der Waals surface area contributed by atoms with E-state index in [2.05, 4.69) is 0 Å². The number of rotatable bonds is 4. The van der Waals surface area contributed by atoms with Gasteiger partial charge in [-0.25, -0.2) is 0 Å². The van der Waals surface area contributed by atoms with Crippen molar-refractivity contribution in [3.8, 4) is 0 Å². The van der Waals surface area contributed by atoms with E-state index in [0.29, 0.717) is 6.42 Å². The zero-order chi connectivity index (χ0) is 9.68. The van der Waals surface area contributed by atoms with E-state index >= 15 is 0 Å². The van der Waals surface area contributed by atoms with Crippen LogP contribution in [0, 0.1) is 0 Å². The van der Waals surface area contributed by atoms with E-state index in [-0.39, 0.29) is 12.2 Å². The van der Waals surface area contributed by atoms with Crippen molar-refractivity contribution in [3.63, 3.8) is 0 Å². The Morgan fingerprint density at radius 1 is 1.38 bits per heavy atom. The van der Waals surface area contributed by atoms with Gasteiger partial charge in [0.2, 0.25) is 0 Å². The van der Waals surface area contributed by atoms with Gasteiger partial charge >= 0.3 is 0 Å². The fourth-order valence-corrected chi connectivity index (χ4v) is 1.23. The minimum absolute atomic E-state index is 0.0844. The SMILES string of the molecule is CC(O)CC(=O)Cc1ccccc1. The van der Waals surface area contributed by atoms with E-state index in [1.807, 2.05) is 30.3 Å². The monoisotopic (exact) mass is 178 g/mol. The van der Waals surface area contributed by atoms with E-state index in [9.17, 15) is 4.79 Å². The van der Waals surface area contributed by atoms with Crippen LogP contribution >= 0.6 is 0 Å². The molecule has 0 spiro atoms. The van der Waals surface area contributed by atoms with Gasteiger partial charge in [0.05, 0.1) is 6.10 Å². The van der Waals surface area contributed by atoms with Gasteiger partial charge in [-0.15, -0.1) is 0 Å². The number of carbonyl (C=O) groups excluding carboxylic acids is 1. The summed E-state index contributed by atoms with van der Waals surface area (Å²) in [5.41, 5.74) is 1.01. The second-order valence-corrected chi connectivity index (χ2v) is 3.25. The highest BCUT2D eigenvalue weighted by atomic mass is 16.3. The van der Waals surface area contributed by atoms with Crippen LogP contribution < -0.4 is 0 Å². The number of aliphatic hydroxyl groups excluding tert-OH is 1. The molecule has 0 saturated carbocycles. The van der Waals surface area contributed by atoms with Gasteiger partial charge in [-0.3, -0.25) is 4.79 Å². The van der Waals surface area contributed by atoms with E-state index in [1.165, 1.54) is 0 Å². The van der Waals surface area contributed by atoms with Gasteiger partial charge in [0.1, 0.15) is 5.78 Å². The minimum Gasteiger partial charge on any atom is -0.393 e. The summed E-state index contributed by atoms with van der Waals surface area (Å²) in [4.78, 5) is 11.3. The van der Waals surface area contributed by atoms with E-state index in [1.54, 1.807) is 6.92 Å². The molecule has 1 rings (SSSR count). The van der Waals surface area contributed by atoms with Crippen LogP contribution in [0.25, 0.3) is 0 Å². The Bertz CT molecular complexity index is 265. The molecule has 1 unspecified atom stereocenters. The van der Waals surface area contributed by atoms with Crippen molar-refractivity contribution >= 4 is 5.78 Å². The highest BCUT2D eigenvalue weighted by Gasteiger charge is 2.06. The average Bonchev–Trinajstić information content (AvgIpc) is 2.04. The molecule has 13 heavy (non-hydrogen) atoms. The second-order valence-electron chi connectivity index (χ2n) is 3.25. The molecule has 1 aromatic carbocycles. The molecule has 0 bridgehead atoms. The predicted molar refractivity (Wildman–Crippen MR) is 51.5 cm³/mol. The molecule has 2 nitrogen and oxygen atoms in total. The van der Waals surface area contributed by atoms with Crippen molar-refractivity contribution in [2.45, 2.75) is 25.9 Å². The molecule has 1 N–H and O–H groups in total. The van der Waals surface area contributed by atoms with Crippen molar-refractivity contribution in [1.29, 1.82) is 0 Å². The molecule has 0 aliphatic heterocycles. The Hall–Kier alpha value is -1.15. The highest BCUT2D eigenvalue weighted by Crippen LogP contribution is 2.03. The van der Waals surface area contributed by atoms with E-state index in [4.69, 9.17) is 5.11 Å². The van der Waals surface area contributed by atoms with Crippen molar-refractivity contribution in [2.24, 2.45) is 0 Å². The van der Waals surface area contributed by atoms with Crippen LogP contribution in [0.15, 0.2) is 30.3 Å². The molecule has 2 heteroatoms. The lowest BCUT2D eigenvalue weighted by atomic mass is 10.1. The van der Waals surface area contributed by atoms with Crippen LogP contribution in [0.4, 0.5) is 0 Å². The smallest absolute Gasteiger partial charge is 0.139 e. The van der Waals surface area contributed by atoms with Crippen molar-refractivity contribution in [3.05, 3.63) is 35.9 Å². The van der Waals surface area contributed by atoms with Crippen molar-refractivity contribution in [1.82, 2.24) is 0 Å². The standard InChI is InChI=1S/C11H14O2/c1-9(12)7-11(13)8-10-5-3-2-4-6-10/h2-6,9,12H,7-8H2,1H3. The minimum atomic E-state index is -0.531. The molecule has 1 atom stereocenters. The Labute approximate surface area is 78.2 Å². The van der Waals surface area contributed by atoms with E-state index in [0.717, 1.165) is 5.56 Å². The summed E-state index contributed by atoms with van der Waals surface area (Å²) in [6.07, 6.45) is 0.136. The van der Waals surface area contributed by atoms with Crippen LogP contribution in [0.3, 0.4) is 0 Å². The van der Waals surface area contributed by atoms with Crippen molar-refractivity contribution in [2.75, 3.05) is 0 Å². The number of carbonyl (C=O) groups is 1. The molecule has 0 aliphatic rings. The summed E-state index contributed by atoms with van der Waals surface area (Å²) >= 11 is 0. The van der Waals surface area contributed by atoms with Gasteiger partial charge in [0.25, 0.3) is 0 Å². The number of Topliss-reactive ketones (excluding diaryl/α,β-unsaturated/α-hetero) is 1. The van der Waals surface area contributed by atoms with Crippen LogP contribution in [0.2, 0.25) is 0 Å². The van der Waals surface area contributed by atoms with Gasteiger partial charge in [-0.2, -0.15) is 0 Å². The molecule has 0 fully saturated rings. The zero-order valence-electron chi connectivity index (χ0n) is 7.73. The van der Waals surface area contributed by atoms with Gasteiger partial charge in [-0.05, 0) is 12.5 Å². The second kappa shape index (κ2) is 4.77. The number of hydrogen-bond acceptors (Lipinski definition) is 2. The summed E-state index contributed by atoms with van der Waals surface area (Å²) in [5.74, 6) is 0.0844. The van der Waals surface area contributed by atoms with Gasteiger partial charge in [0.15, 0.2) is 0 Å².